The lowest BCUT2D eigenvalue weighted by Gasteiger charge is -2.26. The zero-order valence-electron chi connectivity index (χ0n) is 14.7. The first-order chi connectivity index (χ1) is 12.5. The molecule has 7 heteroatoms. The molecule has 7 nitrogen and oxygen atoms in total. The van der Waals surface area contributed by atoms with E-state index in [0.29, 0.717) is 18.8 Å². The highest BCUT2D eigenvalue weighted by atomic mass is 16.6. The molecule has 1 N–H and O–H groups in total. The van der Waals surface area contributed by atoms with E-state index in [4.69, 9.17) is 9.47 Å². The van der Waals surface area contributed by atoms with Crippen molar-refractivity contribution in [3.63, 3.8) is 0 Å². The molecule has 0 saturated carbocycles. The third kappa shape index (κ3) is 3.39. The molecule has 26 heavy (non-hydrogen) atoms. The van der Waals surface area contributed by atoms with Crippen LogP contribution in [0.2, 0.25) is 0 Å². The van der Waals surface area contributed by atoms with Crippen LogP contribution in [0, 0.1) is 0 Å². The van der Waals surface area contributed by atoms with Crippen LogP contribution in [0.15, 0.2) is 48.8 Å². The van der Waals surface area contributed by atoms with E-state index >= 15 is 0 Å². The second-order valence-corrected chi connectivity index (χ2v) is 6.81. The summed E-state index contributed by atoms with van der Waals surface area (Å²) in [5.74, 6) is 1.51. The Bertz CT molecular complexity index is 917. The van der Waals surface area contributed by atoms with Crippen molar-refractivity contribution >= 4 is 0 Å². The fourth-order valence-corrected chi connectivity index (χ4v) is 2.81. The highest BCUT2D eigenvalue weighted by molar-refractivity contribution is 5.57. The first-order valence-electron chi connectivity index (χ1n) is 8.47. The van der Waals surface area contributed by atoms with Crippen LogP contribution in [-0.4, -0.2) is 37.8 Å². The number of fused-ring (bicyclic) bond motifs is 1. The van der Waals surface area contributed by atoms with Crippen molar-refractivity contribution in [1.29, 1.82) is 0 Å². The minimum atomic E-state index is -1.01. The molecule has 4 rings (SSSR count). The monoisotopic (exact) mass is 352 g/mol. The standard InChI is InChI=1S/C19H20N4O3/c1-19(2,24)18-9-13(7-8-20-18)15-11-23(22-21-15)10-14-12-25-16-5-3-4-6-17(16)26-14/h3-9,11,14,24H,10,12H2,1-2H3. The van der Waals surface area contributed by atoms with Gasteiger partial charge in [-0.05, 0) is 38.1 Å². The fourth-order valence-electron chi connectivity index (χ4n) is 2.81. The molecule has 2 aromatic heterocycles. The van der Waals surface area contributed by atoms with Crippen molar-refractivity contribution in [2.24, 2.45) is 0 Å². The highest BCUT2D eigenvalue weighted by Crippen LogP contribution is 2.31. The molecule has 0 saturated heterocycles. The number of hydrogen-bond acceptors (Lipinski definition) is 6. The molecule has 3 heterocycles. The van der Waals surface area contributed by atoms with E-state index < -0.39 is 5.60 Å². The summed E-state index contributed by atoms with van der Waals surface area (Å²) in [6.45, 7) is 4.40. The first kappa shape index (κ1) is 16.5. The van der Waals surface area contributed by atoms with E-state index in [2.05, 4.69) is 15.3 Å². The molecule has 0 fully saturated rings. The van der Waals surface area contributed by atoms with Gasteiger partial charge in [-0.25, -0.2) is 4.68 Å². The number of pyridine rings is 1. The van der Waals surface area contributed by atoms with Crippen LogP contribution in [0.3, 0.4) is 0 Å². The molecule has 3 aromatic rings. The molecule has 0 bridgehead atoms. The maximum absolute atomic E-state index is 10.1. The zero-order valence-corrected chi connectivity index (χ0v) is 14.7. The second-order valence-electron chi connectivity index (χ2n) is 6.81. The van der Waals surface area contributed by atoms with Gasteiger partial charge in [0, 0.05) is 11.8 Å². The van der Waals surface area contributed by atoms with Crippen LogP contribution in [0.1, 0.15) is 19.5 Å². The molecule has 0 spiro atoms. The van der Waals surface area contributed by atoms with E-state index in [1.165, 1.54) is 0 Å². The second kappa shape index (κ2) is 6.42. The quantitative estimate of drug-likeness (QED) is 0.776. The number of ether oxygens (including phenoxy) is 2. The Morgan fingerprint density at radius 2 is 2.04 bits per heavy atom. The third-order valence-electron chi connectivity index (χ3n) is 4.18. The Balaban J connectivity index is 1.49. The molecule has 1 aromatic carbocycles. The number of nitrogens with zero attached hydrogens (tertiary/aromatic N) is 4. The van der Waals surface area contributed by atoms with Crippen LogP contribution in [0.4, 0.5) is 0 Å². The van der Waals surface area contributed by atoms with Crippen LogP contribution in [0.25, 0.3) is 11.3 Å². The van der Waals surface area contributed by atoms with Crippen molar-refractivity contribution in [3.8, 4) is 22.8 Å². The normalized spacial score (nSPS) is 16.5. The summed E-state index contributed by atoms with van der Waals surface area (Å²) in [7, 11) is 0. The number of aromatic nitrogens is 4. The van der Waals surface area contributed by atoms with Crippen molar-refractivity contribution < 1.29 is 14.6 Å². The molecular formula is C19H20N4O3. The Labute approximate surface area is 151 Å². The average Bonchev–Trinajstić information content (AvgIpc) is 3.09. The van der Waals surface area contributed by atoms with E-state index in [0.717, 1.165) is 22.8 Å². The molecule has 1 aliphatic rings. The number of para-hydroxylation sites is 2. The predicted molar refractivity (Wildman–Crippen MR) is 94.9 cm³/mol. The van der Waals surface area contributed by atoms with Gasteiger partial charge in [-0.3, -0.25) is 4.98 Å². The lowest BCUT2D eigenvalue weighted by atomic mass is 10.0. The molecule has 134 valence electrons. The van der Waals surface area contributed by atoms with Crippen LogP contribution >= 0.6 is 0 Å². The van der Waals surface area contributed by atoms with Gasteiger partial charge in [0.1, 0.15) is 17.9 Å². The Morgan fingerprint density at radius 1 is 1.23 bits per heavy atom. The Hall–Kier alpha value is -2.93. The highest BCUT2D eigenvalue weighted by Gasteiger charge is 2.22. The average molecular weight is 352 g/mol. The van der Waals surface area contributed by atoms with E-state index in [-0.39, 0.29) is 6.10 Å². The van der Waals surface area contributed by atoms with Crippen molar-refractivity contribution in [2.75, 3.05) is 6.61 Å². The van der Waals surface area contributed by atoms with E-state index in [1.807, 2.05) is 42.6 Å². The maximum Gasteiger partial charge on any atom is 0.161 e. The predicted octanol–water partition coefficient (Wildman–Crippen LogP) is 2.41. The van der Waals surface area contributed by atoms with Gasteiger partial charge < -0.3 is 14.6 Å². The molecule has 1 aliphatic heterocycles. The van der Waals surface area contributed by atoms with E-state index in [9.17, 15) is 5.11 Å². The summed E-state index contributed by atoms with van der Waals surface area (Å²) in [6, 6.07) is 11.3. The van der Waals surface area contributed by atoms with Gasteiger partial charge in [0.25, 0.3) is 0 Å². The summed E-state index contributed by atoms with van der Waals surface area (Å²) in [4.78, 5) is 4.22. The summed E-state index contributed by atoms with van der Waals surface area (Å²) in [6.07, 6.45) is 3.38. The van der Waals surface area contributed by atoms with Gasteiger partial charge >= 0.3 is 0 Å². The van der Waals surface area contributed by atoms with Crippen molar-refractivity contribution in [2.45, 2.75) is 32.1 Å². The minimum absolute atomic E-state index is 0.135. The first-order valence-corrected chi connectivity index (χ1v) is 8.47. The van der Waals surface area contributed by atoms with Crippen molar-refractivity contribution in [3.05, 3.63) is 54.5 Å². The SMILES string of the molecule is CC(C)(O)c1cc(-c2cn(CC3COc4ccccc4O3)nn2)ccn1. The fraction of sp³-hybridized carbons (Fsp3) is 0.316. The summed E-state index contributed by atoms with van der Waals surface area (Å²) < 4.78 is 13.4. The smallest absolute Gasteiger partial charge is 0.161 e. The van der Waals surface area contributed by atoms with Crippen molar-refractivity contribution in [1.82, 2.24) is 20.0 Å². The molecule has 0 amide bonds. The van der Waals surface area contributed by atoms with Crippen LogP contribution < -0.4 is 9.47 Å². The number of rotatable bonds is 4. The lowest BCUT2D eigenvalue weighted by molar-refractivity contribution is 0.0739. The molecular weight excluding hydrogens is 332 g/mol. The van der Waals surface area contributed by atoms with Gasteiger partial charge in [-0.2, -0.15) is 0 Å². The third-order valence-corrected chi connectivity index (χ3v) is 4.18. The zero-order chi connectivity index (χ0) is 18.1. The van der Waals surface area contributed by atoms with Crippen LogP contribution in [0.5, 0.6) is 11.5 Å². The number of benzene rings is 1. The molecule has 0 radical (unpaired) electrons. The maximum atomic E-state index is 10.1. The van der Waals surface area contributed by atoms with Crippen LogP contribution in [-0.2, 0) is 12.1 Å². The number of aliphatic hydroxyl groups is 1. The number of hydrogen-bond donors (Lipinski definition) is 1. The van der Waals surface area contributed by atoms with Gasteiger partial charge in [0.05, 0.1) is 18.4 Å². The Kier molecular flexibility index (Phi) is 4.08. The van der Waals surface area contributed by atoms with E-state index in [1.54, 1.807) is 24.7 Å². The summed E-state index contributed by atoms with van der Waals surface area (Å²) in [5.41, 5.74) is 1.15. The summed E-state index contributed by atoms with van der Waals surface area (Å²) >= 11 is 0. The van der Waals surface area contributed by atoms with Gasteiger partial charge in [-0.1, -0.05) is 17.3 Å². The lowest BCUT2D eigenvalue weighted by Crippen LogP contribution is -2.33. The largest absolute Gasteiger partial charge is 0.486 e. The Morgan fingerprint density at radius 3 is 2.85 bits per heavy atom. The van der Waals surface area contributed by atoms with Gasteiger partial charge in [0.15, 0.2) is 17.6 Å². The molecule has 1 unspecified atom stereocenters. The molecule has 0 aliphatic carbocycles. The summed E-state index contributed by atoms with van der Waals surface area (Å²) in [5, 5.41) is 18.5. The minimum Gasteiger partial charge on any atom is -0.486 e. The van der Waals surface area contributed by atoms with Gasteiger partial charge in [-0.15, -0.1) is 5.10 Å². The topological polar surface area (TPSA) is 82.3 Å². The van der Waals surface area contributed by atoms with Gasteiger partial charge in [0.2, 0.25) is 0 Å². The molecule has 1 atom stereocenters.